The van der Waals surface area contributed by atoms with Gasteiger partial charge in [-0.25, -0.2) is 4.79 Å². The molecule has 6 heteroatoms. The van der Waals surface area contributed by atoms with Crippen molar-refractivity contribution in [2.24, 2.45) is 0 Å². The van der Waals surface area contributed by atoms with E-state index in [0.29, 0.717) is 6.42 Å². The Labute approximate surface area is 190 Å². The molecule has 1 atom stereocenters. The van der Waals surface area contributed by atoms with Gasteiger partial charge in [-0.3, -0.25) is 4.79 Å². The van der Waals surface area contributed by atoms with E-state index in [1.807, 2.05) is 0 Å². The summed E-state index contributed by atoms with van der Waals surface area (Å²) in [6.45, 7) is 6.80. The Hall–Kier alpha value is -0.854. The Kier molecular flexibility index (Phi) is 27.5. The Morgan fingerprint density at radius 2 is 1.50 bits per heavy atom. The van der Waals surface area contributed by atoms with E-state index in [4.69, 9.17) is 10.2 Å². The van der Waals surface area contributed by atoms with Crippen LogP contribution in [0.1, 0.15) is 100 Å². The molecular formula is C22H42MgO5. The summed E-state index contributed by atoms with van der Waals surface area (Å²) in [5.41, 5.74) is 0.176. The Morgan fingerprint density at radius 1 is 0.964 bits per heavy atom. The zero-order valence-corrected chi connectivity index (χ0v) is 19.4. The number of unbranched alkanes of at least 4 members (excludes halogenated alkanes) is 8. The molecule has 0 aromatic rings. The Morgan fingerprint density at radius 3 is 2.04 bits per heavy atom. The van der Waals surface area contributed by atoms with Gasteiger partial charge in [0.2, 0.25) is 0 Å². The second-order valence-electron chi connectivity index (χ2n) is 7.00. The minimum atomic E-state index is -0.935. The molecule has 0 rings (SSSR count). The average Bonchev–Trinajstić information content (AvgIpc) is 2.60. The molecule has 5 nitrogen and oxygen atoms in total. The van der Waals surface area contributed by atoms with Crippen molar-refractivity contribution < 1.29 is 27.8 Å². The van der Waals surface area contributed by atoms with Crippen LogP contribution in [0.5, 0.6) is 0 Å². The van der Waals surface area contributed by atoms with Crippen LogP contribution >= 0.6 is 0 Å². The van der Waals surface area contributed by atoms with Gasteiger partial charge in [0.15, 0.2) is 0 Å². The van der Waals surface area contributed by atoms with Crippen molar-refractivity contribution in [2.45, 2.75) is 103 Å². The van der Waals surface area contributed by atoms with Gasteiger partial charge in [0, 0.05) is 12.0 Å². The summed E-state index contributed by atoms with van der Waals surface area (Å²) in [6.07, 6.45) is 17.4. The number of rotatable bonds is 16. The quantitative estimate of drug-likeness (QED) is 0.134. The molecule has 162 valence electrons. The molecule has 0 heterocycles. The molecule has 0 spiro atoms. The third-order valence-corrected chi connectivity index (χ3v) is 4.09. The third-order valence-electron chi connectivity index (χ3n) is 4.09. The van der Waals surface area contributed by atoms with Gasteiger partial charge in [-0.2, -0.15) is 0 Å². The van der Waals surface area contributed by atoms with Crippen LogP contribution < -0.4 is 0 Å². The number of carboxylic acid groups (broad SMARTS) is 2. The summed E-state index contributed by atoms with van der Waals surface area (Å²) < 4.78 is 0. The average molecular weight is 411 g/mol. The van der Waals surface area contributed by atoms with Gasteiger partial charge in [0.25, 0.3) is 0 Å². The number of aliphatic carboxylic acids is 2. The van der Waals surface area contributed by atoms with Crippen molar-refractivity contribution in [1.29, 1.82) is 0 Å². The van der Waals surface area contributed by atoms with E-state index in [1.54, 1.807) is 0 Å². The largest absolute Gasteiger partial charge is 2.00 e. The minimum Gasteiger partial charge on any atom is -1.00 e. The molecule has 0 aromatic heterocycles. The second-order valence-corrected chi connectivity index (χ2v) is 7.00. The van der Waals surface area contributed by atoms with Crippen LogP contribution in [-0.2, 0) is 9.59 Å². The third kappa shape index (κ3) is 29.9. The van der Waals surface area contributed by atoms with Crippen LogP contribution in [0.25, 0.3) is 0 Å². The van der Waals surface area contributed by atoms with Gasteiger partial charge < -0.3 is 18.2 Å². The maximum atomic E-state index is 10.3. The summed E-state index contributed by atoms with van der Waals surface area (Å²) in [4.78, 5) is 19.9. The molecule has 0 saturated carbocycles. The molecule has 0 aromatic carbocycles. The summed E-state index contributed by atoms with van der Waals surface area (Å²) in [7, 11) is 0. The molecule has 0 aliphatic carbocycles. The SMILES string of the molecule is C=C(C)C(=O)O.CCCCCCC(O)C/C=C/CCCCCCCC(=O)O.[H-].[H-].[Mg+2]. The first-order valence-corrected chi connectivity index (χ1v) is 10.2. The van der Waals surface area contributed by atoms with E-state index >= 15 is 0 Å². The first-order chi connectivity index (χ1) is 12.8. The fourth-order valence-corrected chi connectivity index (χ4v) is 2.36. The fourth-order valence-electron chi connectivity index (χ4n) is 2.36. The van der Waals surface area contributed by atoms with E-state index in [0.717, 1.165) is 51.4 Å². The van der Waals surface area contributed by atoms with Crippen molar-refractivity contribution in [3.8, 4) is 0 Å². The normalized spacial score (nSPS) is 11.2. The predicted molar refractivity (Wildman–Crippen MR) is 119 cm³/mol. The van der Waals surface area contributed by atoms with Crippen molar-refractivity contribution in [3.05, 3.63) is 24.3 Å². The van der Waals surface area contributed by atoms with Crippen LogP contribution in [0, 0.1) is 0 Å². The zero-order chi connectivity index (χ0) is 20.9. The molecule has 0 saturated heterocycles. The number of aliphatic hydroxyl groups excluding tert-OH is 1. The molecule has 0 fully saturated rings. The number of carboxylic acids is 2. The van der Waals surface area contributed by atoms with E-state index < -0.39 is 11.9 Å². The molecule has 0 aliphatic rings. The Balaban J connectivity index is -0.000000203. The van der Waals surface area contributed by atoms with Gasteiger partial charge in [0.1, 0.15) is 0 Å². The second kappa shape index (κ2) is 24.2. The van der Waals surface area contributed by atoms with Gasteiger partial charge in [-0.05, 0) is 39.0 Å². The van der Waals surface area contributed by atoms with Gasteiger partial charge >= 0.3 is 35.0 Å². The van der Waals surface area contributed by atoms with Gasteiger partial charge in [0.05, 0.1) is 6.10 Å². The molecule has 0 radical (unpaired) electrons. The van der Waals surface area contributed by atoms with Crippen LogP contribution in [0.15, 0.2) is 24.3 Å². The monoisotopic (exact) mass is 410 g/mol. The molecule has 0 aliphatic heterocycles. The smallest absolute Gasteiger partial charge is 1.00 e. The molecular weight excluding hydrogens is 369 g/mol. The number of aliphatic hydroxyl groups is 1. The number of carbonyl (C=O) groups is 2. The summed E-state index contributed by atoms with van der Waals surface area (Å²) >= 11 is 0. The van der Waals surface area contributed by atoms with E-state index in [9.17, 15) is 14.7 Å². The van der Waals surface area contributed by atoms with Crippen molar-refractivity contribution in [1.82, 2.24) is 0 Å². The maximum absolute atomic E-state index is 10.3. The van der Waals surface area contributed by atoms with Crippen LogP contribution in [0.4, 0.5) is 0 Å². The van der Waals surface area contributed by atoms with Crippen molar-refractivity contribution in [2.75, 3.05) is 0 Å². The summed E-state index contributed by atoms with van der Waals surface area (Å²) in [6, 6.07) is 0. The standard InChI is InChI=1S/C18H34O3.C4H6O2.Mg.2H/c1-2-3-4-11-14-17(19)15-12-9-7-5-6-8-10-13-16-18(20)21;1-3(2)4(5)6;;;/h9,12,17,19H,2-8,10-11,13-16H2,1H3,(H,20,21);1H2,2H3,(H,5,6);;;/q;;+2;2*-1/b12-9+;;;;. The number of hydrogen-bond acceptors (Lipinski definition) is 3. The van der Waals surface area contributed by atoms with Crippen LogP contribution in [0.2, 0.25) is 0 Å². The molecule has 0 amide bonds. The molecule has 3 N–H and O–H groups in total. The predicted octanol–water partition coefficient (Wildman–Crippen LogP) is 5.57. The van der Waals surface area contributed by atoms with E-state index in [2.05, 4.69) is 25.7 Å². The molecule has 0 bridgehead atoms. The first-order valence-electron chi connectivity index (χ1n) is 10.2. The van der Waals surface area contributed by atoms with E-state index in [-0.39, 0.29) is 37.6 Å². The number of allylic oxidation sites excluding steroid dienone is 1. The van der Waals surface area contributed by atoms with Gasteiger partial charge in [-0.1, -0.05) is 70.6 Å². The Bertz CT molecular complexity index is 420. The van der Waals surface area contributed by atoms with Crippen LogP contribution in [-0.4, -0.2) is 56.4 Å². The summed E-state index contributed by atoms with van der Waals surface area (Å²) in [5, 5.41) is 26.2. The fraction of sp³-hybridized carbons (Fsp3) is 0.727. The minimum absolute atomic E-state index is 0. The van der Waals surface area contributed by atoms with Crippen molar-refractivity contribution in [3.63, 3.8) is 0 Å². The molecule has 28 heavy (non-hydrogen) atoms. The van der Waals surface area contributed by atoms with E-state index in [1.165, 1.54) is 32.6 Å². The summed E-state index contributed by atoms with van der Waals surface area (Å²) in [5.74, 6) is -1.62. The topological polar surface area (TPSA) is 94.8 Å². The maximum Gasteiger partial charge on any atom is 2.00 e. The van der Waals surface area contributed by atoms with Crippen LogP contribution in [0.3, 0.4) is 0 Å². The van der Waals surface area contributed by atoms with Gasteiger partial charge in [-0.15, -0.1) is 0 Å². The first kappa shape index (κ1) is 31.8. The van der Waals surface area contributed by atoms with Crippen molar-refractivity contribution >= 4 is 35.0 Å². The zero-order valence-electron chi connectivity index (χ0n) is 20.0. The molecule has 1 unspecified atom stereocenters. The number of hydrogen-bond donors (Lipinski definition) is 3.